The normalized spacial score (nSPS) is 37.1. The van der Waals surface area contributed by atoms with Crippen molar-refractivity contribution in [2.24, 2.45) is 5.41 Å². The predicted octanol–water partition coefficient (Wildman–Crippen LogP) is 2.27. The van der Waals surface area contributed by atoms with Crippen molar-refractivity contribution in [3.8, 4) is 0 Å². The first kappa shape index (κ1) is 10.9. The molecule has 1 saturated carbocycles. The molecule has 1 saturated heterocycles. The lowest BCUT2D eigenvalue weighted by Crippen LogP contribution is -2.47. The molecule has 14 heavy (non-hydrogen) atoms. The van der Waals surface area contributed by atoms with Gasteiger partial charge in [0.2, 0.25) is 0 Å². The molecule has 2 atom stereocenters. The van der Waals surface area contributed by atoms with E-state index in [-0.39, 0.29) is 0 Å². The van der Waals surface area contributed by atoms with Crippen molar-refractivity contribution in [3.63, 3.8) is 0 Å². The first-order valence-corrected chi connectivity index (χ1v) is 6.69. The smallest absolute Gasteiger partial charge is 0.0678 e. The monoisotopic (exact) mass is 261 g/mol. The van der Waals surface area contributed by atoms with E-state index in [1.807, 2.05) is 0 Å². The summed E-state index contributed by atoms with van der Waals surface area (Å²) in [5, 5.41) is 1.17. The first-order valence-electron chi connectivity index (χ1n) is 5.57. The lowest BCUT2D eigenvalue weighted by atomic mass is 10.1. The highest BCUT2D eigenvalue weighted by molar-refractivity contribution is 9.09. The molecule has 0 aromatic carbocycles. The Hall–Kier alpha value is 0.400. The highest BCUT2D eigenvalue weighted by Crippen LogP contribution is 2.47. The lowest BCUT2D eigenvalue weighted by Gasteiger charge is -2.37. The largest absolute Gasteiger partial charge is 0.373 e. The molecule has 3 heteroatoms. The molecule has 0 aromatic rings. The SMILES string of the molecule is CC1CN(CC2(CBr)CC2)CC(C)O1. The van der Waals surface area contributed by atoms with E-state index in [1.165, 1.54) is 24.7 Å². The van der Waals surface area contributed by atoms with E-state index in [2.05, 4.69) is 34.7 Å². The maximum atomic E-state index is 5.73. The zero-order chi connectivity index (χ0) is 10.2. The van der Waals surface area contributed by atoms with Crippen LogP contribution in [0.1, 0.15) is 26.7 Å². The van der Waals surface area contributed by atoms with E-state index < -0.39 is 0 Å². The molecular weight excluding hydrogens is 242 g/mol. The number of hydrogen-bond acceptors (Lipinski definition) is 2. The number of alkyl halides is 1. The van der Waals surface area contributed by atoms with Crippen LogP contribution < -0.4 is 0 Å². The van der Waals surface area contributed by atoms with Crippen molar-refractivity contribution in [1.29, 1.82) is 0 Å². The fourth-order valence-corrected chi connectivity index (χ4v) is 3.14. The van der Waals surface area contributed by atoms with Crippen LogP contribution in [-0.2, 0) is 4.74 Å². The number of morpholine rings is 1. The Morgan fingerprint density at radius 3 is 2.29 bits per heavy atom. The minimum absolute atomic E-state index is 0.407. The summed E-state index contributed by atoms with van der Waals surface area (Å²) < 4.78 is 5.73. The average molecular weight is 262 g/mol. The van der Waals surface area contributed by atoms with E-state index in [4.69, 9.17) is 4.74 Å². The highest BCUT2D eigenvalue weighted by atomic mass is 79.9. The lowest BCUT2D eigenvalue weighted by molar-refractivity contribution is -0.0717. The quantitative estimate of drug-likeness (QED) is 0.723. The summed E-state index contributed by atoms with van der Waals surface area (Å²) in [7, 11) is 0. The van der Waals surface area contributed by atoms with Crippen LogP contribution in [0.3, 0.4) is 0 Å². The number of nitrogens with zero attached hydrogens (tertiary/aromatic N) is 1. The second-order valence-corrected chi connectivity index (χ2v) is 5.65. The molecule has 0 bridgehead atoms. The van der Waals surface area contributed by atoms with Gasteiger partial charge in [-0.3, -0.25) is 4.90 Å². The number of rotatable bonds is 3. The van der Waals surface area contributed by atoms with Gasteiger partial charge in [0.25, 0.3) is 0 Å². The summed E-state index contributed by atoms with van der Waals surface area (Å²) in [6.07, 6.45) is 3.62. The number of ether oxygens (including phenoxy) is 1. The van der Waals surface area contributed by atoms with Gasteiger partial charge in [-0.25, -0.2) is 0 Å². The van der Waals surface area contributed by atoms with Gasteiger partial charge in [0, 0.05) is 25.0 Å². The molecular formula is C11H20BrNO. The fourth-order valence-electron chi connectivity index (χ4n) is 2.40. The molecule has 2 fully saturated rings. The number of hydrogen-bond donors (Lipinski definition) is 0. The highest BCUT2D eigenvalue weighted by Gasteiger charge is 2.43. The Morgan fingerprint density at radius 1 is 1.29 bits per heavy atom. The summed E-state index contributed by atoms with van der Waals surface area (Å²) in [5.74, 6) is 0. The zero-order valence-electron chi connectivity index (χ0n) is 9.13. The van der Waals surface area contributed by atoms with Crippen molar-refractivity contribution >= 4 is 15.9 Å². The Morgan fingerprint density at radius 2 is 1.86 bits per heavy atom. The maximum absolute atomic E-state index is 5.73. The van der Waals surface area contributed by atoms with Gasteiger partial charge in [0.05, 0.1) is 12.2 Å². The molecule has 0 aromatic heterocycles. The van der Waals surface area contributed by atoms with Crippen molar-refractivity contribution in [3.05, 3.63) is 0 Å². The molecule has 0 amide bonds. The molecule has 2 nitrogen and oxygen atoms in total. The third kappa shape index (κ3) is 2.50. The molecule has 2 rings (SSSR count). The first-order chi connectivity index (χ1) is 6.63. The van der Waals surface area contributed by atoms with Gasteiger partial charge < -0.3 is 4.74 Å². The van der Waals surface area contributed by atoms with Gasteiger partial charge in [0.15, 0.2) is 0 Å². The Balaban J connectivity index is 1.85. The van der Waals surface area contributed by atoms with E-state index in [0.29, 0.717) is 17.6 Å². The summed E-state index contributed by atoms with van der Waals surface area (Å²) in [6.45, 7) is 7.83. The Kier molecular flexibility index (Phi) is 3.20. The molecule has 82 valence electrons. The van der Waals surface area contributed by atoms with Crippen molar-refractivity contribution in [2.45, 2.75) is 38.9 Å². The molecule has 1 heterocycles. The second kappa shape index (κ2) is 4.11. The Labute approximate surface area is 95.1 Å². The minimum Gasteiger partial charge on any atom is -0.373 e. The van der Waals surface area contributed by atoms with Crippen LogP contribution >= 0.6 is 15.9 Å². The summed E-state index contributed by atoms with van der Waals surface area (Å²) in [5.41, 5.74) is 0.608. The number of halogens is 1. The van der Waals surface area contributed by atoms with Gasteiger partial charge in [-0.05, 0) is 32.1 Å². The molecule has 1 aliphatic carbocycles. The topological polar surface area (TPSA) is 12.5 Å². The van der Waals surface area contributed by atoms with Gasteiger partial charge in [-0.1, -0.05) is 15.9 Å². The third-order valence-corrected chi connectivity index (χ3v) is 4.48. The van der Waals surface area contributed by atoms with Gasteiger partial charge in [-0.2, -0.15) is 0 Å². The van der Waals surface area contributed by atoms with Crippen LogP contribution in [0, 0.1) is 5.41 Å². The summed E-state index contributed by atoms with van der Waals surface area (Å²) in [4.78, 5) is 2.58. The Bertz CT molecular complexity index is 195. The van der Waals surface area contributed by atoms with Gasteiger partial charge in [-0.15, -0.1) is 0 Å². The van der Waals surface area contributed by atoms with Gasteiger partial charge >= 0.3 is 0 Å². The van der Waals surface area contributed by atoms with E-state index in [1.54, 1.807) is 0 Å². The third-order valence-electron chi connectivity index (χ3n) is 3.29. The molecule has 0 spiro atoms. The molecule has 1 aliphatic heterocycles. The molecule has 0 N–H and O–H groups in total. The zero-order valence-corrected chi connectivity index (χ0v) is 10.7. The fraction of sp³-hybridized carbons (Fsp3) is 1.00. The van der Waals surface area contributed by atoms with Crippen molar-refractivity contribution < 1.29 is 4.74 Å². The second-order valence-electron chi connectivity index (χ2n) is 5.09. The van der Waals surface area contributed by atoms with Crippen LogP contribution in [0.15, 0.2) is 0 Å². The predicted molar refractivity (Wildman–Crippen MR) is 61.9 cm³/mol. The maximum Gasteiger partial charge on any atom is 0.0678 e. The van der Waals surface area contributed by atoms with Gasteiger partial charge in [0.1, 0.15) is 0 Å². The van der Waals surface area contributed by atoms with Crippen molar-refractivity contribution in [1.82, 2.24) is 4.90 Å². The van der Waals surface area contributed by atoms with Crippen LogP contribution in [0.2, 0.25) is 0 Å². The van der Waals surface area contributed by atoms with Crippen LogP contribution in [0.4, 0.5) is 0 Å². The molecule has 2 aliphatic rings. The molecule has 0 radical (unpaired) electrons. The van der Waals surface area contributed by atoms with Crippen LogP contribution in [0.25, 0.3) is 0 Å². The summed E-state index contributed by atoms with van der Waals surface area (Å²) >= 11 is 3.63. The van der Waals surface area contributed by atoms with Crippen molar-refractivity contribution in [2.75, 3.05) is 25.0 Å². The minimum atomic E-state index is 0.407. The molecule has 2 unspecified atom stereocenters. The van der Waals surface area contributed by atoms with E-state index in [0.717, 1.165) is 13.1 Å². The standard InChI is InChI=1S/C11H20BrNO/c1-9-5-13(6-10(2)14-9)8-11(7-12)3-4-11/h9-10H,3-8H2,1-2H3. The van der Waals surface area contributed by atoms with E-state index >= 15 is 0 Å². The van der Waals surface area contributed by atoms with Crippen LogP contribution in [0.5, 0.6) is 0 Å². The van der Waals surface area contributed by atoms with Crippen LogP contribution in [-0.4, -0.2) is 42.1 Å². The summed E-state index contributed by atoms with van der Waals surface area (Å²) in [6, 6.07) is 0. The average Bonchev–Trinajstić information content (AvgIpc) is 2.83. The van der Waals surface area contributed by atoms with E-state index in [9.17, 15) is 0 Å².